The van der Waals surface area contributed by atoms with Crippen LogP contribution in [-0.4, -0.2) is 42.6 Å². The Morgan fingerprint density at radius 1 is 1.07 bits per heavy atom. The van der Waals surface area contributed by atoms with Crippen LogP contribution < -0.4 is 19.5 Å². The Bertz CT molecular complexity index is 960. The van der Waals surface area contributed by atoms with Gasteiger partial charge in [0.1, 0.15) is 19.0 Å². The zero-order valence-corrected chi connectivity index (χ0v) is 15.9. The highest BCUT2D eigenvalue weighted by Gasteiger charge is 2.35. The largest absolute Gasteiger partial charge is 0.486 e. The zero-order valence-electron chi connectivity index (χ0n) is 15.9. The van der Waals surface area contributed by atoms with Crippen molar-refractivity contribution in [3.8, 4) is 17.2 Å². The van der Waals surface area contributed by atoms with Crippen molar-refractivity contribution in [1.29, 1.82) is 0 Å². The van der Waals surface area contributed by atoms with Gasteiger partial charge in [0.25, 0.3) is 5.91 Å². The quantitative estimate of drug-likeness (QED) is 0.866. The van der Waals surface area contributed by atoms with E-state index in [-0.39, 0.29) is 24.3 Å². The van der Waals surface area contributed by atoms with E-state index < -0.39 is 6.10 Å². The van der Waals surface area contributed by atoms with Crippen LogP contribution in [0.4, 0.5) is 5.69 Å². The highest BCUT2D eigenvalue weighted by molar-refractivity contribution is 6.00. The van der Waals surface area contributed by atoms with Crippen molar-refractivity contribution in [2.24, 2.45) is 0 Å². The van der Waals surface area contributed by atoms with Gasteiger partial charge in [0, 0.05) is 6.54 Å². The summed E-state index contributed by atoms with van der Waals surface area (Å²) < 4.78 is 17.1. The number of benzene rings is 2. The standard InChI is InChI=1S/C22H22N2O5/c25-21(13-20-22(26)23-15-4-1-2-6-17(15)29-20)24-9-3-5-16(24)14-7-8-18-19(12-14)28-11-10-27-18/h1-2,4,6-8,12,16,20H,3,5,9-11,13H2,(H,23,26)/t16-,20-/m0/s1. The summed E-state index contributed by atoms with van der Waals surface area (Å²) in [6.07, 6.45) is 0.998. The molecule has 1 saturated heterocycles. The van der Waals surface area contributed by atoms with Gasteiger partial charge in [-0.1, -0.05) is 18.2 Å². The zero-order chi connectivity index (χ0) is 19.8. The van der Waals surface area contributed by atoms with Crippen LogP contribution >= 0.6 is 0 Å². The molecule has 7 nitrogen and oxygen atoms in total. The molecule has 0 radical (unpaired) electrons. The van der Waals surface area contributed by atoms with Gasteiger partial charge in [0.2, 0.25) is 5.91 Å². The number of ether oxygens (including phenoxy) is 3. The number of nitrogens with one attached hydrogen (secondary N) is 1. The lowest BCUT2D eigenvalue weighted by molar-refractivity contribution is -0.137. The van der Waals surface area contributed by atoms with Gasteiger partial charge in [-0.2, -0.15) is 0 Å². The Morgan fingerprint density at radius 2 is 1.90 bits per heavy atom. The Kier molecular flexibility index (Phi) is 4.50. The van der Waals surface area contributed by atoms with Gasteiger partial charge >= 0.3 is 0 Å². The average molecular weight is 394 g/mol. The van der Waals surface area contributed by atoms with Crippen molar-refractivity contribution < 1.29 is 23.8 Å². The molecule has 2 atom stereocenters. The van der Waals surface area contributed by atoms with Crippen LogP contribution in [0.1, 0.15) is 30.9 Å². The topological polar surface area (TPSA) is 77.1 Å². The highest BCUT2D eigenvalue weighted by atomic mass is 16.6. The first kappa shape index (κ1) is 17.8. The van der Waals surface area contributed by atoms with Crippen LogP contribution in [0.2, 0.25) is 0 Å². The van der Waals surface area contributed by atoms with Crippen LogP contribution in [0.3, 0.4) is 0 Å². The Morgan fingerprint density at radius 3 is 2.79 bits per heavy atom. The number of amides is 2. The van der Waals surface area contributed by atoms with Crippen LogP contribution in [-0.2, 0) is 9.59 Å². The molecule has 7 heteroatoms. The molecule has 1 N–H and O–H groups in total. The Labute approximate surface area is 168 Å². The van der Waals surface area contributed by atoms with Gasteiger partial charge in [-0.25, -0.2) is 0 Å². The number of fused-ring (bicyclic) bond motifs is 2. The lowest BCUT2D eigenvalue weighted by Gasteiger charge is -2.30. The molecule has 0 spiro atoms. The van der Waals surface area contributed by atoms with Gasteiger partial charge in [-0.05, 0) is 42.7 Å². The monoisotopic (exact) mass is 394 g/mol. The van der Waals surface area contributed by atoms with Crippen molar-refractivity contribution in [1.82, 2.24) is 4.90 Å². The van der Waals surface area contributed by atoms with Crippen molar-refractivity contribution in [3.63, 3.8) is 0 Å². The molecule has 5 rings (SSSR count). The van der Waals surface area contributed by atoms with Gasteiger partial charge in [-0.3, -0.25) is 9.59 Å². The number of hydrogen-bond donors (Lipinski definition) is 1. The van der Waals surface area contributed by atoms with E-state index in [0.29, 0.717) is 31.2 Å². The average Bonchev–Trinajstić information content (AvgIpc) is 3.24. The van der Waals surface area contributed by atoms with Crippen LogP contribution in [0.5, 0.6) is 17.2 Å². The minimum absolute atomic E-state index is 0.0151. The third-order valence-corrected chi connectivity index (χ3v) is 5.59. The summed E-state index contributed by atoms with van der Waals surface area (Å²) in [5.74, 6) is 1.69. The first-order chi connectivity index (χ1) is 14.2. The number of rotatable bonds is 3. The second-order valence-corrected chi connectivity index (χ2v) is 7.44. The summed E-state index contributed by atoms with van der Waals surface area (Å²) in [6, 6.07) is 13.1. The molecule has 3 aliphatic rings. The number of hydrogen-bond acceptors (Lipinski definition) is 5. The van der Waals surface area contributed by atoms with Crippen LogP contribution in [0.25, 0.3) is 0 Å². The predicted octanol–water partition coefficient (Wildman–Crippen LogP) is 2.91. The molecule has 3 aliphatic heterocycles. The van der Waals surface area contributed by atoms with E-state index in [1.807, 2.05) is 35.2 Å². The van der Waals surface area contributed by atoms with Gasteiger partial charge in [0.15, 0.2) is 17.6 Å². The summed E-state index contributed by atoms with van der Waals surface area (Å²) in [5, 5.41) is 2.82. The highest BCUT2D eigenvalue weighted by Crippen LogP contribution is 2.38. The third kappa shape index (κ3) is 3.37. The molecule has 0 unspecified atom stereocenters. The number of likely N-dealkylation sites (tertiary alicyclic amines) is 1. The summed E-state index contributed by atoms with van der Waals surface area (Å²) >= 11 is 0. The normalized spacial score (nSPS) is 22.5. The smallest absolute Gasteiger partial charge is 0.266 e. The molecule has 0 aliphatic carbocycles. The minimum Gasteiger partial charge on any atom is -0.486 e. The fourth-order valence-electron chi connectivity index (χ4n) is 4.18. The maximum Gasteiger partial charge on any atom is 0.266 e. The third-order valence-electron chi connectivity index (χ3n) is 5.59. The molecule has 0 bridgehead atoms. The molecule has 2 amide bonds. The fraction of sp³-hybridized carbons (Fsp3) is 0.364. The molecular weight excluding hydrogens is 372 g/mol. The van der Waals surface area contributed by atoms with Gasteiger partial charge in [0.05, 0.1) is 18.2 Å². The maximum absolute atomic E-state index is 13.1. The lowest BCUT2D eigenvalue weighted by atomic mass is 10.0. The van der Waals surface area contributed by atoms with E-state index >= 15 is 0 Å². The molecule has 0 aromatic heterocycles. The second kappa shape index (κ2) is 7.31. The summed E-state index contributed by atoms with van der Waals surface area (Å²) in [6.45, 7) is 1.75. The first-order valence-corrected chi connectivity index (χ1v) is 9.94. The number of anilines is 1. The van der Waals surface area contributed by atoms with Gasteiger partial charge < -0.3 is 24.4 Å². The molecule has 2 aromatic carbocycles. The molecular formula is C22H22N2O5. The first-order valence-electron chi connectivity index (χ1n) is 9.94. The summed E-state index contributed by atoms with van der Waals surface area (Å²) in [7, 11) is 0. The van der Waals surface area contributed by atoms with E-state index in [1.54, 1.807) is 12.1 Å². The number of para-hydroxylation sites is 2. The molecule has 2 aromatic rings. The van der Waals surface area contributed by atoms with Gasteiger partial charge in [-0.15, -0.1) is 0 Å². The predicted molar refractivity (Wildman–Crippen MR) is 105 cm³/mol. The Balaban J connectivity index is 1.31. The van der Waals surface area contributed by atoms with Crippen molar-refractivity contribution in [2.75, 3.05) is 25.1 Å². The van der Waals surface area contributed by atoms with Crippen molar-refractivity contribution in [2.45, 2.75) is 31.4 Å². The summed E-state index contributed by atoms with van der Waals surface area (Å²) in [4.78, 5) is 27.3. The van der Waals surface area contributed by atoms with Crippen molar-refractivity contribution >= 4 is 17.5 Å². The number of nitrogens with zero attached hydrogens (tertiary/aromatic N) is 1. The number of carbonyl (C=O) groups is 2. The molecule has 0 saturated carbocycles. The van der Waals surface area contributed by atoms with E-state index in [2.05, 4.69) is 5.32 Å². The molecule has 150 valence electrons. The Hall–Kier alpha value is -3.22. The molecule has 3 heterocycles. The molecule has 29 heavy (non-hydrogen) atoms. The van der Waals surface area contributed by atoms with Crippen LogP contribution in [0.15, 0.2) is 42.5 Å². The lowest BCUT2D eigenvalue weighted by Crippen LogP contribution is -2.42. The summed E-state index contributed by atoms with van der Waals surface area (Å²) in [5.41, 5.74) is 1.66. The second-order valence-electron chi connectivity index (χ2n) is 7.44. The van der Waals surface area contributed by atoms with E-state index in [1.165, 1.54) is 0 Å². The van der Waals surface area contributed by atoms with E-state index in [0.717, 1.165) is 29.9 Å². The van der Waals surface area contributed by atoms with Crippen molar-refractivity contribution in [3.05, 3.63) is 48.0 Å². The fourth-order valence-corrected chi connectivity index (χ4v) is 4.18. The SMILES string of the molecule is O=C1Nc2ccccc2O[C@H]1CC(=O)N1CCC[C@H]1c1ccc2c(c1)OCCO2. The van der Waals surface area contributed by atoms with E-state index in [9.17, 15) is 9.59 Å². The maximum atomic E-state index is 13.1. The minimum atomic E-state index is -0.820. The molecule has 1 fully saturated rings. The number of carbonyl (C=O) groups excluding carboxylic acids is 2. The van der Waals surface area contributed by atoms with Crippen LogP contribution in [0, 0.1) is 0 Å². The van der Waals surface area contributed by atoms with E-state index in [4.69, 9.17) is 14.2 Å².